The molecule has 6 aromatic carbocycles. The van der Waals surface area contributed by atoms with E-state index in [2.05, 4.69) is 135 Å². The van der Waals surface area contributed by atoms with Crippen LogP contribution in [0.5, 0.6) is 11.5 Å². The van der Waals surface area contributed by atoms with Crippen molar-refractivity contribution in [1.29, 1.82) is 0 Å². The van der Waals surface area contributed by atoms with Gasteiger partial charge in [0.25, 0.3) is 0 Å². The minimum absolute atomic E-state index is 0.145. The highest BCUT2D eigenvalue weighted by Crippen LogP contribution is 2.56. The molecule has 2 heterocycles. The number of hydrogen-bond donors (Lipinski definition) is 0. The summed E-state index contributed by atoms with van der Waals surface area (Å²) in [6, 6.07) is 44.9. The molecule has 0 spiro atoms. The van der Waals surface area contributed by atoms with Gasteiger partial charge in [0.15, 0.2) is 0 Å². The molecule has 0 amide bonds. The fourth-order valence-corrected chi connectivity index (χ4v) is 8.15. The molecule has 0 atom stereocenters. The van der Waals surface area contributed by atoms with Gasteiger partial charge in [-0.05, 0) is 104 Å². The van der Waals surface area contributed by atoms with E-state index in [4.69, 9.17) is 18.9 Å². The molecule has 0 unspecified atom stereocenters. The smallest absolute Gasteiger partial charge is 0.119 e. The zero-order chi connectivity index (χ0) is 33.1. The van der Waals surface area contributed by atoms with Gasteiger partial charge >= 0.3 is 0 Å². The summed E-state index contributed by atoms with van der Waals surface area (Å²) in [5, 5.41) is 4.76. The normalized spacial score (nSPS) is 17.9. The lowest BCUT2D eigenvalue weighted by Crippen LogP contribution is -2.46. The van der Waals surface area contributed by atoms with Crippen molar-refractivity contribution in [1.82, 2.24) is 0 Å². The van der Waals surface area contributed by atoms with Crippen molar-refractivity contribution >= 4 is 21.5 Å². The average Bonchev–Trinajstić information content (AvgIpc) is 3.42. The molecule has 4 heteroatoms. The predicted octanol–water partition coefficient (Wildman–Crippen LogP) is 9.97. The highest BCUT2D eigenvalue weighted by Gasteiger charge is 2.46. The Labute approximate surface area is 288 Å². The lowest BCUT2D eigenvalue weighted by molar-refractivity contribution is -0.133. The van der Waals surface area contributed by atoms with Crippen molar-refractivity contribution < 1.29 is 18.9 Å². The maximum absolute atomic E-state index is 6.33. The Balaban J connectivity index is 1.14. The SMILES string of the molecule is CCC1(COc2ccc3cc(C4(c5ccc6cc(OCC7(CC)COC7)ccc6c5)c5ccccc5-c5ccccc54)ccc3c2)COC1. The van der Waals surface area contributed by atoms with Gasteiger partial charge < -0.3 is 18.9 Å². The quantitative estimate of drug-likeness (QED) is 0.148. The summed E-state index contributed by atoms with van der Waals surface area (Å²) in [6.07, 6.45) is 2.13. The topological polar surface area (TPSA) is 36.9 Å². The van der Waals surface area contributed by atoms with Crippen LogP contribution in [0.1, 0.15) is 48.9 Å². The molecular weight excluding hydrogens is 604 g/mol. The molecule has 246 valence electrons. The molecule has 0 radical (unpaired) electrons. The molecule has 3 aliphatic rings. The Morgan fingerprint density at radius 2 is 0.898 bits per heavy atom. The fourth-order valence-electron chi connectivity index (χ4n) is 8.15. The van der Waals surface area contributed by atoms with Gasteiger partial charge in [-0.1, -0.05) is 98.8 Å². The van der Waals surface area contributed by atoms with Gasteiger partial charge in [-0.3, -0.25) is 0 Å². The molecule has 49 heavy (non-hydrogen) atoms. The summed E-state index contributed by atoms with van der Waals surface area (Å²) in [5.41, 5.74) is 7.54. The number of fused-ring (bicyclic) bond motifs is 5. The molecular formula is C45H42O4. The lowest BCUT2D eigenvalue weighted by atomic mass is 9.67. The zero-order valence-electron chi connectivity index (χ0n) is 28.3. The molecule has 2 fully saturated rings. The van der Waals surface area contributed by atoms with Crippen molar-refractivity contribution in [3.8, 4) is 22.6 Å². The van der Waals surface area contributed by atoms with E-state index in [0.29, 0.717) is 13.2 Å². The van der Waals surface area contributed by atoms with Crippen LogP contribution in [0.4, 0.5) is 0 Å². The predicted molar refractivity (Wildman–Crippen MR) is 197 cm³/mol. The maximum atomic E-state index is 6.33. The molecule has 0 aromatic heterocycles. The van der Waals surface area contributed by atoms with Crippen molar-refractivity contribution in [3.05, 3.63) is 144 Å². The average molecular weight is 647 g/mol. The van der Waals surface area contributed by atoms with Crippen LogP contribution in [-0.2, 0) is 14.9 Å². The molecule has 2 saturated heterocycles. The monoisotopic (exact) mass is 646 g/mol. The van der Waals surface area contributed by atoms with Crippen molar-refractivity contribution in [3.63, 3.8) is 0 Å². The molecule has 6 aromatic rings. The Morgan fingerprint density at radius 3 is 1.31 bits per heavy atom. The van der Waals surface area contributed by atoms with Crippen LogP contribution < -0.4 is 9.47 Å². The maximum Gasteiger partial charge on any atom is 0.119 e. The Hall–Kier alpha value is -4.64. The van der Waals surface area contributed by atoms with Crippen LogP contribution >= 0.6 is 0 Å². The van der Waals surface area contributed by atoms with E-state index in [9.17, 15) is 0 Å². The summed E-state index contributed by atoms with van der Waals surface area (Å²) >= 11 is 0. The van der Waals surface area contributed by atoms with Gasteiger partial charge in [0.05, 0.1) is 55.9 Å². The summed E-state index contributed by atoms with van der Waals surface area (Å²) in [5.74, 6) is 1.82. The largest absolute Gasteiger partial charge is 0.493 e. The summed E-state index contributed by atoms with van der Waals surface area (Å²) in [4.78, 5) is 0. The number of hydrogen-bond acceptors (Lipinski definition) is 4. The summed E-state index contributed by atoms with van der Waals surface area (Å²) < 4.78 is 23.7. The first-order valence-electron chi connectivity index (χ1n) is 17.7. The van der Waals surface area contributed by atoms with Gasteiger partial charge in [-0.25, -0.2) is 0 Å². The summed E-state index contributed by atoms with van der Waals surface area (Å²) in [7, 11) is 0. The highest BCUT2D eigenvalue weighted by atomic mass is 16.5. The van der Waals surface area contributed by atoms with Gasteiger partial charge in [-0.2, -0.15) is 0 Å². The van der Waals surface area contributed by atoms with E-state index in [0.717, 1.165) is 50.8 Å². The molecule has 0 saturated carbocycles. The van der Waals surface area contributed by atoms with E-state index in [1.165, 1.54) is 54.9 Å². The van der Waals surface area contributed by atoms with Gasteiger partial charge in [-0.15, -0.1) is 0 Å². The van der Waals surface area contributed by atoms with Crippen LogP contribution in [0.15, 0.2) is 121 Å². The third-order valence-electron chi connectivity index (χ3n) is 11.7. The van der Waals surface area contributed by atoms with Crippen LogP contribution in [0.2, 0.25) is 0 Å². The van der Waals surface area contributed by atoms with Crippen molar-refractivity contribution in [2.45, 2.75) is 32.1 Å². The summed E-state index contributed by atoms with van der Waals surface area (Å²) in [6.45, 7) is 8.95. The van der Waals surface area contributed by atoms with Crippen LogP contribution in [0.25, 0.3) is 32.7 Å². The van der Waals surface area contributed by atoms with Crippen LogP contribution in [-0.4, -0.2) is 39.6 Å². The number of ether oxygens (including phenoxy) is 4. The first-order valence-corrected chi connectivity index (χ1v) is 17.7. The van der Waals surface area contributed by atoms with Gasteiger partial charge in [0.1, 0.15) is 11.5 Å². The highest BCUT2D eigenvalue weighted by molar-refractivity contribution is 5.92. The Kier molecular flexibility index (Phi) is 7.30. The molecule has 4 nitrogen and oxygen atoms in total. The minimum atomic E-state index is -0.477. The standard InChI is InChI=1S/C45H42O4/c1-3-43(25-46-26-43)29-48-37-19-15-31-21-35(17-13-33(31)23-37)45(41-11-7-5-9-39(41)40-10-6-8-12-42(40)45)36-18-14-34-24-38(20-16-32(34)22-36)49-30-44(4-2)27-47-28-44/h5-24H,3-4,25-30H2,1-2H3. The first-order chi connectivity index (χ1) is 24.0. The van der Waals surface area contributed by atoms with Gasteiger partial charge in [0, 0.05) is 0 Å². The molecule has 0 N–H and O–H groups in total. The molecule has 2 aliphatic heterocycles. The van der Waals surface area contributed by atoms with Gasteiger partial charge in [0.2, 0.25) is 0 Å². The number of rotatable bonds is 10. The van der Waals surface area contributed by atoms with Crippen LogP contribution in [0.3, 0.4) is 0 Å². The fraction of sp³-hybridized carbons (Fsp3) is 0.289. The van der Waals surface area contributed by atoms with E-state index < -0.39 is 5.41 Å². The second-order valence-corrected chi connectivity index (χ2v) is 14.6. The Morgan fingerprint density at radius 1 is 0.490 bits per heavy atom. The first kappa shape index (κ1) is 30.4. The van der Waals surface area contributed by atoms with E-state index in [-0.39, 0.29) is 10.8 Å². The third-order valence-corrected chi connectivity index (χ3v) is 11.7. The van der Waals surface area contributed by atoms with E-state index >= 15 is 0 Å². The van der Waals surface area contributed by atoms with E-state index in [1.807, 2.05) is 0 Å². The Bertz CT molecular complexity index is 2020. The van der Waals surface area contributed by atoms with E-state index in [1.54, 1.807) is 0 Å². The van der Waals surface area contributed by atoms with Crippen LogP contribution in [0, 0.1) is 10.8 Å². The lowest BCUT2D eigenvalue weighted by Gasteiger charge is -2.40. The number of benzene rings is 6. The molecule has 0 bridgehead atoms. The van der Waals surface area contributed by atoms with Crippen molar-refractivity contribution in [2.75, 3.05) is 39.6 Å². The zero-order valence-corrected chi connectivity index (χ0v) is 28.3. The second-order valence-electron chi connectivity index (χ2n) is 14.6. The third kappa shape index (κ3) is 4.87. The molecule has 1 aliphatic carbocycles. The second kappa shape index (κ2) is 11.8. The van der Waals surface area contributed by atoms with Crippen molar-refractivity contribution in [2.24, 2.45) is 10.8 Å². The minimum Gasteiger partial charge on any atom is -0.493 e. The molecule has 9 rings (SSSR count).